The van der Waals surface area contributed by atoms with E-state index in [4.69, 9.17) is 10.00 Å². The predicted octanol–water partition coefficient (Wildman–Crippen LogP) is 4.21. The highest BCUT2D eigenvalue weighted by Gasteiger charge is 2.24. The van der Waals surface area contributed by atoms with E-state index in [0.29, 0.717) is 12.7 Å². The fourth-order valence-corrected chi connectivity index (χ4v) is 3.14. The van der Waals surface area contributed by atoms with Crippen LogP contribution in [0.5, 0.6) is 0 Å². The molecular formula is C17H23NO. The Hall–Kier alpha value is -1.33. The Bertz CT molecular complexity index is 465. The summed E-state index contributed by atoms with van der Waals surface area (Å²) >= 11 is 0. The minimum absolute atomic E-state index is 0.397. The number of hydrogen-bond acceptors (Lipinski definition) is 2. The number of aryl methyl sites for hydroxylation is 1. The van der Waals surface area contributed by atoms with Gasteiger partial charge < -0.3 is 4.74 Å². The minimum Gasteiger partial charge on any atom is -0.374 e. The van der Waals surface area contributed by atoms with Crippen LogP contribution in [0.2, 0.25) is 0 Å². The molecule has 1 aromatic rings. The van der Waals surface area contributed by atoms with Crippen LogP contribution >= 0.6 is 0 Å². The second kappa shape index (κ2) is 6.21. The van der Waals surface area contributed by atoms with Crippen molar-refractivity contribution in [2.45, 2.75) is 52.7 Å². The molecule has 0 bridgehead atoms. The summed E-state index contributed by atoms with van der Waals surface area (Å²) in [5, 5.41) is 8.86. The molecule has 0 radical (unpaired) electrons. The Morgan fingerprint density at radius 1 is 1.21 bits per heavy atom. The highest BCUT2D eigenvalue weighted by atomic mass is 16.5. The molecule has 1 aliphatic rings. The molecular weight excluding hydrogens is 234 g/mol. The van der Waals surface area contributed by atoms with Gasteiger partial charge in [-0.05, 0) is 61.3 Å². The van der Waals surface area contributed by atoms with Crippen molar-refractivity contribution in [1.82, 2.24) is 0 Å². The quantitative estimate of drug-likeness (QED) is 0.812. The van der Waals surface area contributed by atoms with Crippen molar-refractivity contribution in [3.8, 4) is 6.07 Å². The summed E-state index contributed by atoms with van der Waals surface area (Å²) < 4.78 is 6.08. The van der Waals surface area contributed by atoms with E-state index in [1.165, 1.54) is 24.8 Å². The van der Waals surface area contributed by atoms with Crippen molar-refractivity contribution in [3.05, 3.63) is 34.9 Å². The zero-order valence-corrected chi connectivity index (χ0v) is 12.1. The van der Waals surface area contributed by atoms with Crippen molar-refractivity contribution in [2.24, 2.45) is 11.8 Å². The molecule has 0 aromatic heterocycles. The maximum atomic E-state index is 8.86. The van der Waals surface area contributed by atoms with Crippen molar-refractivity contribution in [1.29, 1.82) is 5.26 Å². The number of benzene rings is 1. The Balaban J connectivity index is 1.93. The minimum atomic E-state index is 0.397. The fourth-order valence-electron chi connectivity index (χ4n) is 3.14. The second-order valence-electron chi connectivity index (χ2n) is 6.10. The molecule has 1 aliphatic carbocycles. The lowest BCUT2D eigenvalue weighted by molar-refractivity contribution is -0.00933. The van der Waals surface area contributed by atoms with Gasteiger partial charge in [0.25, 0.3) is 0 Å². The van der Waals surface area contributed by atoms with E-state index in [2.05, 4.69) is 19.9 Å². The third-order valence-corrected chi connectivity index (χ3v) is 4.08. The smallest absolute Gasteiger partial charge is 0.0991 e. The fraction of sp³-hybridized carbons (Fsp3) is 0.588. The van der Waals surface area contributed by atoms with Gasteiger partial charge in [-0.2, -0.15) is 5.26 Å². The average molecular weight is 257 g/mol. The molecule has 2 heteroatoms. The first kappa shape index (κ1) is 14.1. The number of nitriles is 1. The van der Waals surface area contributed by atoms with E-state index in [1.54, 1.807) is 0 Å². The zero-order valence-electron chi connectivity index (χ0n) is 12.1. The second-order valence-corrected chi connectivity index (χ2v) is 6.10. The lowest BCUT2D eigenvalue weighted by Gasteiger charge is -2.31. The average Bonchev–Trinajstić information content (AvgIpc) is 2.36. The molecule has 1 saturated carbocycles. The van der Waals surface area contributed by atoms with E-state index in [-0.39, 0.29) is 0 Å². The monoisotopic (exact) mass is 257 g/mol. The zero-order chi connectivity index (χ0) is 13.8. The van der Waals surface area contributed by atoms with Crippen LogP contribution in [0.25, 0.3) is 0 Å². The van der Waals surface area contributed by atoms with Crippen LogP contribution in [0.4, 0.5) is 0 Å². The van der Waals surface area contributed by atoms with Crippen LogP contribution in [0, 0.1) is 30.1 Å². The third kappa shape index (κ3) is 3.81. The predicted molar refractivity (Wildman–Crippen MR) is 76.7 cm³/mol. The number of ether oxygens (including phenoxy) is 1. The van der Waals surface area contributed by atoms with Crippen LogP contribution in [0.3, 0.4) is 0 Å². The summed E-state index contributed by atoms with van der Waals surface area (Å²) in [6.07, 6.45) is 4.09. The van der Waals surface area contributed by atoms with Gasteiger partial charge in [-0.3, -0.25) is 0 Å². The summed E-state index contributed by atoms with van der Waals surface area (Å²) in [4.78, 5) is 0. The highest BCUT2D eigenvalue weighted by Crippen LogP contribution is 2.30. The SMILES string of the molecule is Cc1cc(C#N)ccc1COC1CC(C)CC(C)C1. The van der Waals surface area contributed by atoms with E-state index in [0.717, 1.165) is 23.0 Å². The maximum absolute atomic E-state index is 8.86. The van der Waals surface area contributed by atoms with Gasteiger partial charge in [0, 0.05) is 0 Å². The summed E-state index contributed by atoms with van der Waals surface area (Å²) in [5.41, 5.74) is 3.07. The van der Waals surface area contributed by atoms with E-state index in [9.17, 15) is 0 Å². The van der Waals surface area contributed by atoms with Gasteiger partial charge in [-0.15, -0.1) is 0 Å². The van der Waals surface area contributed by atoms with Gasteiger partial charge in [-0.25, -0.2) is 0 Å². The Kier molecular flexibility index (Phi) is 4.61. The van der Waals surface area contributed by atoms with Gasteiger partial charge in [0.1, 0.15) is 0 Å². The van der Waals surface area contributed by atoms with Crippen molar-refractivity contribution >= 4 is 0 Å². The first-order valence-corrected chi connectivity index (χ1v) is 7.19. The summed E-state index contributed by atoms with van der Waals surface area (Å²) in [6.45, 7) is 7.35. The summed E-state index contributed by atoms with van der Waals surface area (Å²) in [5.74, 6) is 1.55. The normalized spacial score (nSPS) is 26.9. The molecule has 102 valence electrons. The Morgan fingerprint density at radius 3 is 2.47 bits per heavy atom. The van der Waals surface area contributed by atoms with Crippen LogP contribution < -0.4 is 0 Å². The van der Waals surface area contributed by atoms with Crippen LogP contribution in [0.1, 0.15) is 49.8 Å². The van der Waals surface area contributed by atoms with E-state index in [1.807, 2.05) is 25.1 Å². The molecule has 0 amide bonds. The molecule has 2 nitrogen and oxygen atoms in total. The van der Waals surface area contributed by atoms with Gasteiger partial charge in [0.2, 0.25) is 0 Å². The Morgan fingerprint density at radius 2 is 1.89 bits per heavy atom. The topological polar surface area (TPSA) is 33.0 Å². The van der Waals surface area contributed by atoms with Crippen LogP contribution in [-0.4, -0.2) is 6.10 Å². The Labute approximate surface area is 116 Å². The lowest BCUT2D eigenvalue weighted by Crippen LogP contribution is -2.26. The van der Waals surface area contributed by atoms with Crippen LogP contribution in [-0.2, 0) is 11.3 Å². The summed E-state index contributed by atoms with van der Waals surface area (Å²) in [7, 11) is 0. The van der Waals surface area contributed by atoms with Crippen molar-refractivity contribution in [2.75, 3.05) is 0 Å². The number of hydrogen-bond donors (Lipinski definition) is 0. The van der Waals surface area contributed by atoms with Crippen molar-refractivity contribution < 1.29 is 4.74 Å². The first-order valence-electron chi connectivity index (χ1n) is 7.19. The third-order valence-electron chi connectivity index (χ3n) is 4.08. The molecule has 0 heterocycles. The number of nitrogens with zero attached hydrogens (tertiary/aromatic N) is 1. The molecule has 1 aromatic carbocycles. The van der Waals surface area contributed by atoms with E-state index >= 15 is 0 Å². The number of rotatable bonds is 3. The van der Waals surface area contributed by atoms with Gasteiger partial charge in [0.05, 0.1) is 24.3 Å². The molecule has 19 heavy (non-hydrogen) atoms. The molecule has 0 N–H and O–H groups in total. The van der Waals surface area contributed by atoms with Gasteiger partial charge in [0.15, 0.2) is 0 Å². The molecule has 2 unspecified atom stereocenters. The summed E-state index contributed by atoms with van der Waals surface area (Å²) in [6, 6.07) is 8.00. The van der Waals surface area contributed by atoms with Gasteiger partial charge in [-0.1, -0.05) is 19.9 Å². The molecule has 0 saturated heterocycles. The van der Waals surface area contributed by atoms with Crippen molar-refractivity contribution in [3.63, 3.8) is 0 Å². The molecule has 0 spiro atoms. The lowest BCUT2D eigenvalue weighted by atomic mass is 9.82. The van der Waals surface area contributed by atoms with Gasteiger partial charge >= 0.3 is 0 Å². The highest BCUT2D eigenvalue weighted by molar-refractivity contribution is 5.37. The molecule has 1 fully saturated rings. The molecule has 2 atom stereocenters. The van der Waals surface area contributed by atoms with Crippen LogP contribution in [0.15, 0.2) is 18.2 Å². The maximum Gasteiger partial charge on any atom is 0.0991 e. The largest absolute Gasteiger partial charge is 0.374 e. The standard InChI is InChI=1S/C17H23NO/c1-12-6-13(2)8-17(7-12)19-11-16-5-4-15(10-18)9-14(16)3/h4-5,9,12-13,17H,6-8,11H2,1-3H3. The van der Waals surface area contributed by atoms with E-state index < -0.39 is 0 Å². The molecule has 2 rings (SSSR count). The molecule has 0 aliphatic heterocycles. The first-order chi connectivity index (χ1) is 9.08.